The molecular formula is C46H53ClN7O6S-. The van der Waals surface area contributed by atoms with Crippen molar-refractivity contribution >= 4 is 61.2 Å². The number of pyridine rings is 1. The van der Waals surface area contributed by atoms with Crippen molar-refractivity contribution in [1.29, 1.82) is 0 Å². The molecule has 3 N–H and O–H groups in total. The zero-order chi connectivity index (χ0) is 42.7. The lowest BCUT2D eigenvalue weighted by Crippen LogP contribution is -2.47. The summed E-state index contributed by atoms with van der Waals surface area (Å²) in [4.78, 5) is 26.0. The number of H-pyrrole nitrogens is 1. The fourth-order valence-corrected chi connectivity index (χ4v) is 9.62. The highest BCUT2D eigenvalue weighted by molar-refractivity contribution is 7.90. The van der Waals surface area contributed by atoms with Gasteiger partial charge in [0.15, 0.2) is 0 Å². The third kappa shape index (κ3) is 10.2. The second-order valence-electron chi connectivity index (χ2n) is 17.1. The molecule has 0 atom stereocenters. The number of anilines is 3. The van der Waals surface area contributed by atoms with Crippen LogP contribution in [0.25, 0.3) is 16.6 Å². The number of nitrogens with one attached hydrogen (secondary N) is 3. The first-order valence-electron chi connectivity index (χ1n) is 20.9. The Kier molecular flexibility index (Phi) is 12.6. The number of fused-ring (bicyclic) bond motifs is 1. The van der Waals surface area contributed by atoms with Crippen LogP contribution in [0.2, 0.25) is 5.02 Å². The molecule has 2 saturated heterocycles. The summed E-state index contributed by atoms with van der Waals surface area (Å²) in [7, 11) is -3.11. The van der Waals surface area contributed by atoms with E-state index in [9.17, 15) is 18.4 Å². The molecule has 0 bridgehead atoms. The summed E-state index contributed by atoms with van der Waals surface area (Å²) in [5.41, 5.74) is 6.59. The van der Waals surface area contributed by atoms with E-state index in [-0.39, 0.29) is 27.3 Å². The summed E-state index contributed by atoms with van der Waals surface area (Å²) in [6.45, 7) is 10.8. The molecule has 1 amide bonds. The molecule has 15 heteroatoms. The van der Waals surface area contributed by atoms with E-state index in [0.717, 1.165) is 80.9 Å². The van der Waals surface area contributed by atoms with Gasteiger partial charge in [-0.2, -0.15) is 0 Å². The number of aromatic nitrogens is 2. The number of ether oxygens (including phenoxy) is 2. The molecule has 2 aromatic heterocycles. The Morgan fingerprint density at radius 2 is 1.80 bits per heavy atom. The minimum Gasteiger partial charge on any atom is -0.758 e. The number of halogens is 1. The Morgan fingerprint density at radius 1 is 1.03 bits per heavy atom. The van der Waals surface area contributed by atoms with Gasteiger partial charge in [0.1, 0.15) is 17.1 Å². The first kappa shape index (κ1) is 42.6. The lowest BCUT2D eigenvalue weighted by atomic mass is 9.72. The normalized spacial score (nSPS) is 17.7. The minimum absolute atomic E-state index is 0.0259. The molecule has 2 aliphatic heterocycles. The molecule has 4 heterocycles. The molecule has 0 radical (unpaired) electrons. The van der Waals surface area contributed by atoms with Gasteiger partial charge in [-0.3, -0.25) is 9.69 Å². The highest BCUT2D eigenvalue weighted by Gasteiger charge is 2.30. The minimum atomic E-state index is -4.41. The fraction of sp³-hybridized carbons (Fsp3) is 0.391. The molecule has 5 aromatic rings. The van der Waals surface area contributed by atoms with Crippen molar-refractivity contribution in [2.45, 2.75) is 50.8 Å². The predicted molar refractivity (Wildman–Crippen MR) is 242 cm³/mol. The van der Waals surface area contributed by atoms with Crippen LogP contribution in [0.4, 0.5) is 17.1 Å². The van der Waals surface area contributed by atoms with Crippen molar-refractivity contribution in [3.05, 3.63) is 112 Å². The number of hydrogen-bond acceptors (Lipinski definition) is 11. The van der Waals surface area contributed by atoms with E-state index in [2.05, 4.69) is 55.8 Å². The van der Waals surface area contributed by atoms with E-state index in [1.54, 1.807) is 36.7 Å². The monoisotopic (exact) mass is 866 g/mol. The van der Waals surface area contributed by atoms with Gasteiger partial charge in [0.2, 0.25) is 0 Å². The molecule has 3 aromatic carbocycles. The highest BCUT2D eigenvalue weighted by atomic mass is 35.5. The van der Waals surface area contributed by atoms with Crippen LogP contribution in [0.15, 0.2) is 95.7 Å². The van der Waals surface area contributed by atoms with Gasteiger partial charge in [-0.15, -0.1) is 0 Å². The van der Waals surface area contributed by atoms with E-state index >= 15 is 0 Å². The fourth-order valence-electron chi connectivity index (χ4n) is 8.51. The molecule has 8 rings (SSSR count). The number of aromatic amines is 1. The molecular weight excluding hydrogens is 814 g/mol. The average Bonchev–Trinajstić information content (AvgIpc) is 3.72. The van der Waals surface area contributed by atoms with Crippen LogP contribution in [0, 0.1) is 16.5 Å². The number of nitrogens with zero attached hydrogens (tertiary/aromatic N) is 4. The first-order valence-corrected chi connectivity index (χ1v) is 22.8. The number of allylic oxidation sites excluding steroid dienone is 1. The molecule has 61 heavy (non-hydrogen) atoms. The number of amides is 1. The van der Waals surface area contributed by atoms with Crippen LogP contribution in [0.5, 0.6) is 11.5 Å². The number of hydroxylamine groups is 1. The maximum atomic E-state index is 14.0. The Bertz CT molecular complexity index is 2510. The summed E-state index contributed by atoms with van der Waals surface area (Å²) in [5, 5.41) is 18.1. The molecule has 1 aliphatic carbocycles. The molecule has 13 nitrogen and oxygen atoms in total. The van der Waals surface area contributed by atoms with Crippen molar-refractivity contribution in [3.63, 3.8) is 0 Å². The zero-order valence-corrected chi connectivity index (χ0v) is 36.4. The lowest BCUT2D eigenvalue weighted by Gasteiger charge is -2.39. The standard InChI is InChI=1S/C46H53ClN7O6S/c1-46(2)16-12-34(40(27-46)32-4-6-35(47)7-5-32)30-53-18-20-54(21-19-53)36-8-10-39(43(25-36)60-37-24-33-13-17-48-44(33)50-29-37)45(55)51-61(57,58)38-9-11-41(42(26-38)52(3)56)49-28-31-14-22-59-23-15-31/h4-11,13,17,24-26,29,31,49H,12,14-16,18-23,27-28,30H2,1-3H3,(H,48,50)(H,51,55)/q-1. The largest absolute Gasteiger partial charge is 0.758 e. The van der Waals surface area contributed by atoms with Crippen LogP contribution in [-0.4, -0.2) is 88.7 Å². The van der Waals surface area contributed by atoms with Gasteiger partial charge in [-0.05, 0) is 116 Å². The maximum Gasteiger partial charge on any atom is 0.268 e. The molecule has 0 unspecified atom stereocenters. The Morgan fingerprint density at radius 3 is 2.56 bits per heavy atom. The summed E-state index contributed by atoms with van der Waals surface area (Å²) in [6, 6.07) is 21.3. The van der Waals surface area contributed by atoms with E-state index in [0.29, 0.717) is 47.8 Å². The molecule has 2 fully saturated rings. The summed E-state index contributed by atoms with van der Waals surface area (Å²) in [6.07, 6.45) is 8.37. The van der Waals surface area contributed by atoms with E-state index in [4.69, 9.17) is 21.1 Å². The Hall–Kier alpha value is -5.12. The zero-order valence-electron chi connectivity index (χ0n) is 34.9. The van der Waals surface area contributed by atoms with Crippen LogP contribution < -0.4 is 24.7 Å². The molecule has 3 aliphatic rings. The van der Waals surface area contributed by atoms with Crippen molar-refractivity contribution in [3.8, 4) is 11.5 Å². The summed E-state index contributed by atoms with van der Waals surface area (Å²) < 4.78 is 41.6. The van der Waals surface area contributed by atoms with Gasteiger partial charge in [-0.1, -0.05) is 43.2 Å². The van der Waals surface area contributed by atoms with E-state index in [1.165, 1.54) is 35.9 Å². The van der Waals surface area contributed by atoms with Gasteiger partial charge >= 0.3 is 0 Å². The first-order chi connectivity index (χ1) is 29.3. The Balaban J connectivity index is 1.00. The topological polar surface area (TPSA) is 155 Å². The van der Waals surface area contributed by atoms with Gasteiger partial charge < -0.3 is 34.9 Å². The van der Waals surface area contributed by atoms with Crippen LogP contribution in [0.1, 0.15) is 61.9 Å². The van der Waals surface area contributed by atoms with Crippen LogP contribution in [-0.2, 0) is 14.8 Å². The molecule has 0 spiro atoms. The second kappa shape index (κ2) is 18.1. The van der Waals surface area contributed by atoms with Crippen molar-refractivity contribution < 1.29 is 22.7 Å². The van der Waals surface area contributed by atoms with Gasteiger partial charge in [-0.25, -0.2) is 18.1 Å². The van der Waals surface area contributed by atoms with Crippen molar-refractivity contribution in [2.24, 2.45) is 11.3 Å². The third-order valence-electron chi connectivity index (χ3n) is 12.1. The SMILES string of the molecule is CN([O-])c1cc(S(=O)(=O)NC(=O)c2ccc(N3CCN(CC4=C(c5ccc(Cl)cc5)CC(C)(C)CC4)CC3)cc2Oc2cnc3[nH]ccc3c2)ccc1NCC1CCOCC1. The Labute approximate surface area is 362 Å². The number of carbonyl (C=O) groups excluding carboxylic acids is 1. The van der Waals surface area contributed by atoms with Gasteiger partial charge in [0.05, 0.1) is 28.0 Å². The average molecular weight is 867 g/mol. The third-order valence-corrected chi connectivity index (χ3v) is 13.7. The number of piperazine rings is 1. The smallest absolute Gasteiger partial charge is 0.268 e. The van der Waals surface area contributed by atoms with Gasteiger partial charge in [0.25, 0.3) is 15.9 Å². The number of benzene rings is 3. The van der Waals surface area contributed by atoms with Crippen molar-refractivity contribution in [2.75, 3.05) is 74.8 Å². The van der Waals surface area contributed by atoms with Crippen molar-refractivity contribution in [1.82, 2.24) is 19.6 Å². The lowest BCUT2D eigenvalue weighted by molar-refractivity contribution is 0.0699. The number of sulfonamides is 1. The highest BCUT2D eigenvalue weighted by Crippen LogP contribution is 2.43. The number of hydrogen-bond donors (Lipinski definition) is 3. The van der Waals surface area contributed by atoms with Crippen LogP contribution >= 0.6 is 11.6 Å². The van der Waals surface area contributed by atoms with Crippen LogP contribution in [0.3, 0.4) is 0 Å². The number of carbonyl (C=O) groups is 1. The summed E-state index contributed by atoms with van der Waals surface area (Å²) in [5.74, 6) is 0.0699. The van der Waals surface area contributed by atoms with E-state index in [1.807, 2.05) is 24.3 Å². The predicted octanol–water partition coefficient (Wildman–Crippen LogP) is 8.69. The molecule has 322 valence electrons. The number of rotatable bonds is 13. The quantitative estimate of drug-likeness (QED) is 0.0974. The van der Waals surface area contributed by atoms with E-state index < -0.39 is 15.9 Å². The van der Waals surface area contributed by atoms with Gasteiger partial charge in [0, 0.05) is 80.8 Å². The maximum absolute atomic E-state index is 14.0. The second-order valence-corrected chi connectivity index (χ2v) is 19.2. The summed E-state index contributed by atoms with van der Waals surface area (Å²) >= 11 is 6.25. The molecule has 0 saturated carbocycles.